The predicted octanol–water partition coefficient (Wildman–Crippen LogP) is 4.63. The third kappa shape index (κ3) is 5.07. The highest BCUT2D eigenvalue weighted by atomic mass is 19.3. The van der Waals surface area contributed by atoms with Crippen molar-refractivity contribution in [3.8, 4) is 0 Å². The highest BCUT2D eigenvalue weighted by Gasteiger charge is 2.32. The van der Waals surface area contributed by atoms with Gasteiger partial charge in [-0.2, -0.15) is 0 Å². The van der Waals surface area contributed by atoms with Crippen LogP contribution in [-0.2, 0) is 11.2 Å². The fraction of sp³-hybridized carbons (Fsp3) is 0.462. The maximum absolute atomic E-state index is 13.8. The van der Waals surface area contributed by atoms with Gasteiger partial charge >= 0.3 is 12.1 Å². The van der Waals surface area contributed by atoms with Gasteiger partial charge < -0.3 is 24.3 Å². The number of fused-ring (bicyclic) bond motifs is 2. The molecule has 5 heterocycles. The van der Waals surface area contributed by atoms with Crippen LogP contribution in [0, 0.1) is 6.92 Å². The van der Waals surface area contributed by atoms with E-state index < -0.39 is 18.1 Å². The van der Waals surface area contributed by atoms with Gasteiger partial charge in [-0.3, -0.25) is 4.90 Å². The lowest BCUT2D eigenvalue weighted by atomic mass is 10.1. The van der Waals surface area contributed by atoms with Gasteiger partial charge in [0.05, 0.1) is 11.4 Å². The topological polar surface area (TPSA) is 95.3 Å². The zero-order chi connectivity index (χ0) is 27.2. The van der Waals surface area contributed by atoms with Gasteiger partial charge in [0.1, 0.15) is 17.1 Å². The number of urea groups is 1. The number of nitrogens with one attached hydrogen (secondary N) is 1. The Balaban J connectivity index is 1.31. The van der Waals surface area contributed by atoms with Gasteiger partial charge in [-0.15, -0.1) is 0 Å². The van der Waals surface area contributed by atoms with Crippen LogP contribution < -0.4 is 15.1 Å². The number of amides is 3. The van der Waals surface area contributed by atoms with E-state index in [-0.39, 0.29) is 17.3 Å². The van der Waals surface area contributed by atoms with Crippen LogP contribution in [0.1, 0.15) is 44.0 Å². The van der Waals surface area contributed by atoms with Crippen LogP contribution in [0.15, 0.2) is 30.7 Å². The van der Waals surface area contributed by atoms with Crippen LogP contribution in [-0.4, -0.2) is 69.7 Å². The van der Waals surface area contributed by atoms with Gasteiger partial charge in [-0.05, 0) is 46.2 Å². The summed E-state index contributed by atoms with van der Waals surface area (Å²) in [6, 6.07) is 2.67. The van der Waals surface area contributed by atoms with Gasteiger partial charge in [-0.25, -0.2) is 28.3 Å². The minimum Gasteiger partial charge on any atom is -0.444 e. The van der Waals surface area contributed by atoms with Crippen molar-refractivity contribution in [1.82, 2.24) is 19.3 Å². The molecule has 0 spiro atoms. The van der Waals surface area contributed by atoms with E-state index in [2.05, 4.69) is 20.2 Å². The summed E-state index contributed by atoms with van der Waals surface area (Å²) < 4.78 is 34.7. The van der Waals surface area contributed by atoms with E-state index in [0.29, 0.717) is 56.3 Å². The van der Waals surface area contributed by atoms with Gasteiger partial charge in [0.2, 0.25) is 0 Å². The smallest absolute Gasteiger partial charge is 0.410 e. The van der Waals surface area contributed by atoms with E-state index in [0.717, 1.165) is 11.3 Å². The number of aryl methyl sites for hydroxylation is 1. The quantitative estimate of drug-likeness (QED) is 0.534. The minimum absolute atomic E-state index is 0.0257. The molecule has 2 aliphatic heterocycles. The molecule has 0 unspecified atom stereocenters. The van der Waals surface area contributed by atoms with Crippen molar-refractivity contribution < 1.29 is 23.1 Å². The zero-order valence-corrected chi connectivity index (χ0v) is 21.9. The summed E-state index contributed by atoms with van der Waals surface area (Å²) in [5.41, 5.74) is 2.13. The molecule has 10 nitrogen and oxygen atoms in total. The van der Waals surface area contributed by atoms with E-state index in [1.165, 1.54) is 17.2 Å². The van der Waals surface area contributed by atoms with Crippen LogP contribution in [0.5, 0.6) is 0 Å². The van der Waals surface area contributed by atoms with Crippen molar-refractivity contribution in [3.63, 3.8) is 0 Å². The fourth-order valence-corrected chi connectivity index (χ4v) is 4.87. The van der Waals surface area contributed by atoms with E-state index in [1.54, 1.807) is 28.6 Å². The second kappa shape index (κ2) is 9.73. The molecule has 12 heteroatoms. The summed E-state index contributed by atoms with van der Waals surface area (Å²) in [5.74, 6) is 0.507. The van der Waals surface area contributed by atoms with Gasteiger partial charge in [0, 0.05) is 68.1 Å². The molecule has 0 aromatic carbocycles. The van der Waals surface area contributed by atoms with Crippen molar-refractivity contribution in [2.45, 2.75) is 46.1 Å². The van der Waals surface area contributed by atoms with E-state index in [9.17, 15) is 18.4 Å². The summed E-state index contributed by atoms with van der Waals surface area (Å²) in [6.07, 6.45) is 2.29. The highest BCUT2D eigenvalue weighted by Crippen LogP contribution is 2.35. The van der Waals surface area contributed by atoms with E-state index in [4.69, 9.17) is 4.74 Å². The Morgan fingerprint density at radius 3 is 2.53 bits per heavy atom. The summed E-state index contributed by atoms with van der Waals surface area (Å²) >= 11 is 0. The Kier molecular flexibility index (Phi) is 6.58. The van der Waals surface area contributed by atoms with Crippen molar-refractivity contribution >= 4 is 35.0 Å². The Morgan fingerprint density at radius 1 is 1.11 bits per heavy atom. The first-order valence-corrected chi connectivity index (χ1v) is 12.6. The number of aromatic nitrogens is 3. The molecule has 1 saturated heterocycles. The van der Waals surface area contributed by atoms with Crippen LogP contribution in [0.3, 0.4) is 0 Å². The number of carbonyl (C=O) groups is 2. The molecular weight excluding hydrogens is 496 g/mol. The Morgan fingerprint density at radius 2 is 1.84 bits per heavy atom. The molecule has 0 bridgehead atoms. The number of hydrogen-bond donors (Lipinski definition) is 1. The first kappa shape index (κ1) is 25.7. The Bertz CT molecular complexity index is 1380. The lowest BCUT2D eigenvalue weighted by molar-refractivity contribution is 0.0240. The van der Waals surface area contributed by atoms with Gasteiger partial charge in [0.15, 0.2) is 0 Å². The monoisotopic (exact) mass is 527 g/mol. The summed E-state index contributed by atoms with van der Waals surface area (Å²) in [4.78, 5) is 39.7. The lowest BCUT2D eigenvalue weighted by Gasteiger charge is -2.37. The molecule has 202 valence electrons. The number of ether oxygens (including phenoxy) is 1. The number of anilines is 3. The van der Waals surface area contributed by atoms with Crippen LogP contribution >= 0.6 is 0 Å². The van der Waals surface area contributed by atoms with Crippen molar-refractivity contribution in [1.29, 1.82) is 0 Å². The number of nitrogens with zero attached hydrogens (tertiary/aromatic N) is 6. The predicted molar refractivity (Wildman–Crippen MR) is 139 cm³/mol. The lowest BCUT2D eigenvalue weighted by Crippen LogP contribution is -2.50. The summed E-state index contributed by atoms with van der Waals surface area (Å²) in [7, 11) is 0. The summed E-state index contributed by atoms with van der Waals surface area (Å²) in [6.45, 7) is 9.94. The number of rotatable bonds is 3. The standard InChI is InChI=1S/C26H31F2N7O3/c1-16-14-34-15-19(18(22(27)28)13-21(34)30-16)31-24(36)35-8-6-17-20(5-7-29-23(17)35)32-9-11-33(12-10-32)25(37)38-26(2,3)4/h5,7,13-15,22H,6,8-12H2,1-4H3,(H,31,36). The number of pyridine rings is 2. The zero-order valence-electron chi connectivity index (χ0n) is 21.9. The molecule has 0 atom stereocenters. The number of hydrogen-bond acceptors (Lipinski definition) is 6. The molecule has 0 radical (unpaired) electrons. The first-order valence-electron chi connectivity index (χ1n) is 12.6. The molecule has 38 heavy (non-hydrogen) atoms. The van der Waals surface area contributed by atoms with E-state index >= 15 is 0 Å². The van der Waals surface area contributed by atoms with Gasteiger partial charge in [0.25, 0.3) is 6.43 Å². The molecule has 2 aliphatic rings. The number of carbonyl (C=O) groups excluding carboxylic acids is 2. The maximum Gasteiger partial charge on any atom is 0.410 e. The molecule has 3 aromatic heterocycles. The number of piperazine rings is 1. The number of alkyl halides is 2. The Labute approximate surface area is 219 Å². The first-order chi connectivity index (χ1) is 18.0. The highest BCUT2D eigenvalue weighted by molar-refractivity contribution is 6.03. The Hall–Kier alpha value is -3.96. The fourth-order valence-electron chi connectivity index (χ4n) is 4.87. The molecule has 1 N–H and O–H groups in total. The third-order valence-corrected chi connectivity index (χ3v) is 6.59. The maximum atomic E-state index is 13.8. The molecule has 5 rings (SSSR count). The van der Waals surface area contributed by atoms with Crippen LogP contribution in [0.25, 0.3) is 5.65 Å². The van der Waals surface area contributed by atoms with Gasteiger partial charge in [-0.1, -0.05) is 0 Å². The molecular formula is C26H31F2N7O3. The molecule has 3 aromatic rings. The van der Waals surface area contributed by atoms with Crippen molar-refractivity contribution in [3.05, 3.63) is 47.5 Å². The van der Waals surface area contributed by atoms with E-state index in [1.807, 2.05) is 26.8 Å². The number of halogens is 2. The SMILES string of the molecule is Cc1cn2cc(NC(=O)N3CCc4c(N5CCN(C(=O)OC(C)(C)C)CC5)ccnc43)c(C(F)F)cc2n1. The molecule has 0 saturated carbocycles. The largest absolute Gasteiger partial charge is 0.444 e. The minimum atomic E-state index is -2.78. The average Bonchev–Trinajstić information content (AvgIpc) is 3.44. The van der Waals surface area contributed by atoms with Crippen molar-refractivity contribution in [2.75, 3.05) is 47.8 Å². The van der Waals surface area contributed by atoms with Crippen molar-refractivity contribution in [2.24, 2.45) is 0 Å². The second-order valence-corrected chi connectivity index (χ2v) is 10.5. The second-order valence-electron chi connectivity index (χ2n) is 10.5. The summed E-state index contributed by atoms with van der Waals surface area (Å²) in [5, 5.41) is 2.66. The molecule has 3 amide bonds. The molecule has 1 fully saturated rings. The third-order valence-electron chi connectivity index (χ3n) is 6.59. The van der Waals surface area contributed by atoms with Crippen LogP contribution in [0.4, 0.5) is 35.6 Å². The number of imidazole rings is 1. The van der Waals surface area contributed by atoms with Crippen LogP contribution in [0.2, 0.25) is 0 Å². The normalized spacial score (nSPS) is 15.8. The average molecular weight is 528 g/mol. The molecule has 0 aliphatic carbocycles.